The molecule has 0 unspecified atom stereocenters. The Bertz CT molecular complexity index is 1010. The lowest BCUT2D eigenvalue weighted by molar-refractivity contribution is 0.0979. The molecule has 0 radical (unpaired) electrons. The number of aromatic nitrogens is 3. The first-order valence-electron chi connectivity index (χ1n) is 9.40. The molecule has 3 rings (SSSR count). The van der Waals surface area contributed by atoms with Gasteiger partial charge in [-0.05, 0) is 24.5 Å². The van der Waals surface area contributed by atoms with Crippen molar-refractivity contribution in [3.63, 3.8) is 0 Å². The lowest BCUT2D eigenvalue weighted by Crippen LogP contribution is -2.28. The fraction of sp³-hybridized carbons (Fsp3) is 0.273. The molecule has 0 bridgehead atoms. The van der Waals surface area contributed by atoms with E-state index in [2.05, 4.69) is 9.97 Å². The predicted octanol–water partition coefficient (Wildman–Crippen LogP) is 3.42. The van der Waals surface area contributed by atoms with Crippen LogP contribution in [0.3, 0.4) is 0 Å². The number of ketones is 2. The Morgan fingerprint density at radius 3 is 2.61 bits per heavy atom. The monoisotopic (exact) mass is 377 g/mol. The Labute approximate surface area is 163 Å². The average Bonchev–Trinajstić information content (AvgIpc) is 3.23. The van der Waals surface area contributed by atoms with E-state index >= 15 is 0 Å². The van der Waals surface area contributed by atoms with Crippen LogP contribution in [-0.4, -0.2) is 26.1 Å². The van der Waals surface area contributed by atoms with Crippen molar-refractivity contribution in [3.05, 3.63) is 87.9 Å². The molecule has 144 valence electrons. The number of imidazole rings is 1. The van der Waals surface area contributed by atoms with Gasteiger partial charge in [0, 0.05) is 36.5 Å². The lowest BCUT2D eigenvalue weighted by atomic mass is 10.0. The van der Waals surface area contributed by atoms with Crippen molar-refractivity contribution in [2.24, 2.45) is 0 Å². The van der Waals surface area contributed by atoms with E-state index in [9.17, 15) is 14.4 Å². The summed E-state index contributed by atoms with van der Waals surface area (Å²) in [4.78, 5) is 44.7. The summed E-state index contributed by atoms with van der Waals surface area (Å²) in [7, 11) is 0. The van der Waals surface area contributed by atoms with E-state index in [4.69, 9.17) is 0 Å². The zero-order chi connectivity index (χ0) is 19.9. The predicted molar refractivity (Wildman–Crippen MR) is 107 cm³/mol. The van der Waals surface area contributed by atoms with E-state index in [0.717, 1.165) is 17.7 Å². The van der Waals surface area contributed by atoms with Crippen molar-refractivity contribution in [2.45, 2.75) is 39.2 Å². The quantitative estimate of drug-likeness (QED) is 0.579. The number of Topliss-reactive ketones (excluding diaryl/α,β-unsaturated/α-hetero) is 2. The lowest BCUT2D eigenvalue weighted by Gasteiger charge is -2.11. The minimum Gasteiger partial charge on any atom is -0.348 e. The normalized spacial score (nSPS) is 10.8. The van der Waals surface area contributed by atoms with E-state index in [1.165, 1.54) is 10.6 Å². The van der Waals surface area contributed by atoms with E-state index in [1.807, 2.05) is 30.3 Å². The molecular formula is C22H23N3O3. The van der Waals surface area contributed by atoms with Gasteiger partial charge in [-0.25, -0.2) is 4.98 Å². The highest BCUT2D eigenvalue weighted by atomic mass is 16.1. The van der Waals surface area contributed by atoms with Gasteiger partial charge in [0.05, 0.1) is 18.4 Å². The SMILES string of the molecule is CCC(=O)c1cc(C(=O)CCCc2cnc[nH]2)cn(Cc2ccccc2)c1=O. The fourth-order valence-corrected chi connectivity index (χ4v) is 3.08. The van der Waals surface area contributed by atoms with Crippen LogP contribution in [0, 0.1) is 0 Å². The van der Waals surface area contributed by atoms with Crippen LogP contribution in [0.5, 0.6) is 0 Å². The minimum atomic E-state index is -0.357. The number of pyridine rings is 1. The summed E-state index contributed by atoms with van der Waals surface area (Å²) >= 11 is 0. The smallest absolute Gasteiger partial charge is 0.261 e. The number of carbonyl (C=O) groups is 2. The van der Waals surface area contributed by atoms with Gasteiger partial charge in [0.25, 0.3) is 5.56 Å². The summed E-state index contributed by atoms with van der Waals surface area (Å²) in [6.45, 7) is 2.03. The number of H-pyrrole nitrogens is 1. The van der Waals surface area contributed by atoms with Crippen molar-refractivity contribution in [1.29, 1.82) is 0 Å². The molecule has 0 fully saturated rings. The molecule has 1 N–H and O–H groups in total. The van der Waals surface area contributed by atoms with E-state index in [0.29, 0.717) is 24.9 Å². The minimum absolute atomic E-state index is 0.0773. The Kier molecular flexibility index (Phi) is 6.32. The highest BCUT2D eigenvalue weighted by Crippen LogP contribution is 2.11. The number of nitrogens with zero attached hydrogens (tertiary/aromatic N) is 2. The van der Waals surface area contributed by atoms with Gasteiger partial charge in [0.1, 0.15) is 0 Å². The van der Waals surface area contributed by atoms with E-state index in [-0.39, 0.29) is 29.1 Å². The van der Waals surface area contributed by atoms with Gasteiger partial charge in [-0.1, -0.05) is 37.3 Å². The van der Waals surface area contributed by atoms with Crippen LogP contribution >= 0.6 is 0 Å². The second-order valence-electron chi connectivity index (χ2n) is 6.69. The maximum Gasteiger partial charge on any atom is 0.261 e. The molecule has 0 aliphatic carbocycles. The van der Waals surface area contributed by atoms with Crippen molar-refractivity contribution >= 4 is 11.6 Å². The first kappa shape index (κ1) is 19.5. The van der Waals surface area contributed by atoms with Gasteiger partial charge < -0.3 is 9.55 Å². The molecular weight excluding hydrogens is 354 g/mol. The highest BCUT2D eigenvalue weighted by molar-refractivity contribution is 6.00. The summed E-state index contributed by atoms with van der Waals surface area (Å²) in [5.74, 6) is -0.328. The standard InChI is InChI=1S/C22H23N3O3/c1-2-20(26)19-11-17(21(27)10-6-9-18-12-23-15-24-18)14-25(22(19)28)13-16-7-4-3-5-8-16/h3-5,7-8,11-12,14-15H,2,6,9-10,13H2,1H3,(H,23,24). The summed E-state index contributed by atoms with van der Waals surface area (Å²) < 4.78 is 1.46. The van der Waals surface area contributed by atoms with E-state index in [1.54, 1.807) is 25.6 Å². The second-order valence-corrected chi connectivity index (χ2v) is 6.69. The van der Waals surface area contributed by atoms with Gasteiger partial charge in [0.15, 0.2) is 11.6 Å². The Hall–Kier alpha value is -3.28. The zero-order valence-electron chi connectivity index (χ0n) is 15.9. The van der Waals surface area contributed by atoms with Gasteiger partial charge in [0.2, 0.25) is 0 Å². The molecule has 2 aromatic heterocycles. The highest BCUT2D eigenvalue weighted by Gasteiger charge is 2.16. The maximum atomic E-state index is 12.7. The molecule has 6 nitrogen and oxygen atoms in total. The largest absolute Gasteiger partial charge is 0.348 e. The van der Waals surface area contributed by atoms with Crippen LogP contribution in [0.2, 0.25) is 0 Å². The molecule has 0 aliphatic rings. The topological polar surface area (TPSA) is 84.8 Å². The van der Waals surface area contributed by atoms with Crippen molar-refractivity contribution in [2.75, 3.05) is 0 Å². The number of nitrogens with one attached hydrogen (secondary N) is 1. The van der Waals surface area contributed by atoms with Gasteiger partial charge in [-0.15, -0.1) is 0 Å². The van der Waals surface area contributed by atoms with Crippen molar-refractivity contribution < 1.29 is 9.59 Å². The molecule has 0 aliphatic heterocycles. The molecule has 0 saturated carbocycles. The third kappa shape index (κ3) is 4.71. The molecule has 6 heteroatoms. The molecule has 0 atom stereocenters. The first-order valence-corrected chi connectivity index (χ1v) is 9.40. The van der Waals surface area contributed by atoms with Crippen LogP contribution < -0.4 is 5.56 Å². The summed E-state index contributed by atoms with van der Waals surface area (Å²) in [5.41, 5.74) is 2.03. The Morgan fingerprint density at radius 2 is 1.93 bits per heavy atom. The van der Waals surface area contributed by atoms with Crippen LogP contribution in [0.15, 0.2) is 59.9 Å². The van der Waals surface area contributed by atoms with Gasteiger partial charge in [-0.2, -0.15) is 0 Å². The fourth-order valence-electron chi connectivity index (χ4n) is 3.08. The van der Waals surface area contributed by atoms with Crippen LogP contribution in [0.1, 0.15) is 58.2 Å². The number of benzene rings is 1. The number of aromatic amines is 1. The molecule has 0 spiro atoms. The summed E-state index contributed by atoms with van der Waals surface area (Å²) in [6, 6.07) is 11.0. The van der Waals surface area contributed by atoms with Gasteiger partial charge >= 0.3 is 0 Å². The molecule has 0 amide bonds. The van der Waals surface area contributed by atoms with Crippen LogP contribution in [-0.2, 0) is 13.0 Å². The number of hydrogen-bond donors (Lipinski definition) is 1. The van der Waals surface area contributed by atoms with Crippen LogP contribution in [0.25, 0.3) is 0 Å². The van der Waals surface area contributed by atoms with Crippen LogP contribution in [0.4, 0.5) is 0 Å². The third-order valence-corrected chi connectivity index (χ3v) is 4.63. The zero-order valence-corrected chi connectivity index (χ0v) is 15.9. The summed E-state index contributed by atoms with van der Waals surface area (Å²) in [6.07, 6.45) is 6.86. The number of aryl methyl sites for hydroxylation is 1. The number of hydrogen-bond acceptors (Lipinski definition) is 4. The first-order chi connectivity index (χ1) is 13.6. The molecule has 3 aromatic rings. The van der Waals surface area contributed by atoms with E-state index < -0.39 is 0 Å². The second kappa shape index (κ2) is 9.08. The molecule has 1 aromatic carbocycles. The molecule has 0 saturated heterocycles. The van der Waals surface area contributed by atoms with Gasteiger partial charge in [-0.3, -0.25) is 14.4 Å². The van der Waals surface area contributed by atoms with Crippen molar-refractivity contribution in [1.82, 2.24) is 14.5 Å². The summed E-state index contributed by atoms with van der Waals surface area (Å²) in [5, 5.41) is 0. The number of rotatable bonds is 9. The maximum absolute atomic E-state index is 12.7. The Morgan fingerprint density at radius 1 is 1.14 bits per heavy atom. The third-order valence-electron chi connectivity index (χ3n) is 4.63. The molecule has 28 heavy (non-hydrogen) atoms. The average molecular weight is 377 g/mol. The number of carbonyl (C=O) groups excluding carboxylic acids is 2. The Balaban J connectivity index is 1.84. The molecule has 2 heterocycles. The van der Waals surface area contributed by atoms with Crippen molar-refractivity contribution in [3.8, 4) is 0 Å².